The molecular formula is C15H13ClFN3. The zero-order chi connectivity index (χ0) is 14.1. The van der Waals surface area contributed by atoms with Gasteiger partial charge in [0.25, 0.3) is 0 Å². The van der Waals surface area contributed by atoms with Crippen LogP contribution in [0.3, 0.4) is 0 Å². The maximum Gasteiger partial charge on any atom is 0.201 e. The van der Waals surface area contributed by atoms with Crippen LogP contribution < -0.4 is 5.73 Å². The van der Waals surface area contributed by atoms with Crippen molar-refractivity contribution in [3.05, 3.63) is 58.9 Å². The number of rotatable bonds is 3. The number of fused-ring (bicyclic) bond motifs is 1. The van der Waals surface area contributed by atoms with Crippen molar-refractivity contribution in [3.8, 4) is 0 Å². The Bertz CT molecular complexity index is 750. The highest BCUT2D eigenvalue weighted by atomic mass is 35.5. The maximum atomic E-state index is 13.6. The molecule has 0 spiro atoms. The first-order valence-corrected chi connectivity index (χ1v) is 6.67. The Morgan fingerprint density at radius 1 is 1.15 bits per heavy atom. The number of anilines is 1. The molecule has 102 valence electrons. The van der Waals surface area contributed by atoms with Crippen molar-refractivity contribution in [1.82, 2.24) is 9.55 Å². The van der Waals surface area contributed by atoms with E-state index in [0.717, 1.165) is 17.5 Å². The first kappa shape index (κ1) is 12.9. The summed E-state index contributed by atoms with van der Waals surface area (Å²) in [6.07, 6.45) is 0.781. The van der Waals surface area contributed by atoms with Gasteiger partial charge in [0, 0.05) is 11.6 Å². The number of hydrogen-bond acceptors (Lipinski definition) is 2. The van der Waals surface area contributed by atoms with Crippen LogP contribution in [0.15, 0.2) is 42.5 Å². The normalized spacial score (nSPS) is 11.1. The molecule has 0 aliphatic heterocycles. The second-order valence-electron chi connectivity index (χ2n) is 4.61. The fraction of sp³-hybridized carbons (Fsp3) is 0.133. The Labute approximate surface area is 120 Å². The minimum atomic E-state index is -0.348. The Morgan fingerprint density at radius 2 is 1.90 bits per heavy atom. The fourth-order valence-electron chi connectivity index (χ4n) is 2.26. The molecule has 0 aliphatic rings. The summed E-state index contributed by atoms with van der Waals surface area (Å²) in [5, 5.41) is 0.711. The van der Waals surface area contributed by atoms with Crippen molar-refractivity contribution in [1.29, 1.82) is 0 Å². The lowest BCUT2D eigenvalue weighted by Crippen LogP contribution is -2.05. The molecule has 2 aromatic carbocycles. The molecule has 0 amide bonds. The van der Waals surface area contributed by atoms with E-state index in [1.807, 2.05) is 34.9 Å². The molecular weight excluding hydrogens is 277 g/mol. The Morgan fingerprint density at radius 3 is 2.65 bits per heavy atom. The molecule has 0 atom stereocenters. The topological polar surface area (TPSA) is 43.8 Å². The monoisotopic (exact) mass is 289 g/mol. The summed E-state index contributed by atoms with van der Waals surface area (Å²) in [7, 11) is 0. The van der Waals surface area contributed by atoms with Crippen LogP contribution in [0.4, 0.5) is 10.3 Å². The molecule has 0 saturated carbocycles. The van der Waals surface area contributed by atoms with Crippen LogP contribution in [0, 0.1) is 5.82 Å². The third-order valence-electron chi connectivity index (χ3n) is 3.30. The zero-order valence-electron chi connectivity index (χ0n) is 10.7. The molecule has 2 N–H and O–H groups in total. The van der Waals surface area contributed by atoms with E-state index >= 15 is 0 Å². The second kappa shape index (κ2) is 5.13. The van der Waals surface area contributed by atoms with Gasteiger partial charge in [-0.25, -0.2) is 9.37 Å². The van der Waals surface area contributed by atoms with Gasteiger partial charge in [-0.3, -0.25) is 0 Å². The van der Waals surface area contributed by atoms with E-state index in [2.05, 4.69) is 4.98 Å². The molecule has 20 heavy (non-hydrogen) atoms. The molecule has 0 radical (unpaired) electrons. The van der Waals surface area contributed by atoms with Crippen molar-refractivity contribution in [2.75, 3.05) is 5.73 Å². The molecule has 3 aromatic rings. The zero-order valence-corrected chi connectivity index (χ0v) is 11.4. The maximum absolute atomic E-state index is 13.6. The van der Waals surface area contributed by atoms with Gasteiger partial charge >= 0.3 is 0 Å². The molecule has 0 aliphatic carbocycles. The van der Waals surface area contributed by atoms with Gasteiger partial charge in [0.05, 0.1) is 5.52 Å². The van der Waals surface area contributed by atoms with E-state index in [4.69, 9.17) is 17.3 Å². The van der Waals surface area contributed by atoms with Crippen LogP contribution in [0.5, 0.6) is 0 Å². The van der Waals surface area contributed by atoms with Crippen molar-refractivity contribution in [2.45, 2.75) is 13.0 Å². The number of nitrogens with zero attached hydrogens (tertiary/aromatic N) is 2. The molecule has 3 nitrogen and oxygen atoms in total. The van der Waals surface area contributed by atoms with Gasteiger partial charge in [-0.1, -0.05) is 29.8 Å². The van der Waals surface area contributed by atoms with E-state index in [-0.39, 0.29) is 5.82 Å². The van der Waals surface area contributed by atoms with Crippen LogP contribution >= 0.6 is 11.6 Å². The number of para-hydroxylation sites is 1. The SMILES string of the molecule is Nc1nc2c(F)cccc2n1CCc1ccc(Cl)cc1. The van der Waals surface area contributed by atoms with E-state index in [1.54, 1.807) is 6.07 Å². The Balaban J connectivity index is 1.89. The quantitative estimate of drug-likeness (QED) is 0.800. The lowest BCUT2D eigenvalue weighted by atomic mass is 10.1. The van der Waals surface area contributed by atoms with Crippen LogP contribution in [0.1, 0.15) is 5.56 Å². The number of imidazole rings is 1. The lowest BCUT2D eigenvalue weighted by molar-refractivity contribution is 0.637. The van der Waals surface area contributed by atoms with Crippen LogP contribution in [-0.4, -0.2) is 9.55 Å². The van der Waals surface area contributed by atoms with Crippen molar-refractivity contribution < 1.29 is 4.39 Å². The highest BCUT2D eigenvalue weighted by Crippen LogP contribution is 2.21. The third-order valence-corrected chi connectivity index (χ3v) is 3.55. The van der Waals surface area contributed by atoms with Crippen LogP contribution in [0.25, 0.3) is 11.0 Å². The van der Waals surface area contributed by atoms with Crippen molar-refractivity contribution in [3.63, 3.8) is 0 Å². The van der Waals surface area contributed by atoms with Gasteiger partial charge in [-0.15, -0.1) is 0 Å². The molecule has 1 heterocycles. The third kappa shape index (κ3) is 2.34. The molecule has 3 rings (SSSR count). The molecule has 0 saturated heterocycles. The highest BCUT2D eigenvalue weighted by Gasteiger charge is 2.11. The smallest absolute Gasteiger partial charge is 0.201 e. The van der Waals surface area contributed by atoms with E-state index in [1.165, 1.54) is 6.07 Å². The minimum Gasteiger partial charge on any atom is -0.369 e. The van der Waals surface area contributed by atoms with E-state index < -0.39 is 0 Å². The standard InChI is InChI=1S/C15H13ClFN3/c16-11-6-4-10(5-7-11)8-9-20-13-3-1-2-12(17)14(13)19-15(20)18/h1-7H,8-9H2,(H2,18,19). The van der Waals surface area contributed by atoms with Crippen molar-refractivity contribution >= 4 is 28.6 Å². The average Bonchev–Trinajstić information content (AvgIpc) is 2.76. The highest BCUT2D eigenvalue weighted by molar-refractivity contribution is 6.30. The summed E-state index contributed by atoms with van der Waals surface area (Å²) in [4.78, 5) is 4.08. The summed E-state index contributed by atoms with van der Waals surface area (Å²) < 4.78 is 15.5. The second-order valence-corrected chi connectivity index (χ2v) is 5.04. The van der Waals surface area contributed by atoms with Crippen LogP contribution in [0.2, 0.25) is 5.02 Å². The molecule has 1 aromatic heterocycles. The summed E-state index contributed by atoms with van der Waals surface area (Å²) in [5.41, 5.74) is 8.06. The molecule has 0 fully saturated rings. The predicted octanol–water partition coefficient (Wildman–Crippen LogP) is 3.65. The Kier molecular flexibility index (Phi) is 3.32. The number of nitrogens with two attached hydrogens (primary N) is 1. The van der Waals surface area contributed by atoms with Crippen LogP contribution in [-0.2, 0) is 13.0 Å². The Hall–Kier alpha value is -2.07. The summed E-state index contributed by atoms with van der Waals surface area (Å²) in [6.45, 7) is 0.646. The van der Waals surface area contributed by atoms with Gasteiger partial charge in [0.15, 0.2) is 5.82 Å². The number of halogens is 2. The molecule has 0 bridgehead atoms. The predicted molar refractivity (Wildman–Crippen MR) is 79.3 cm³/mol. The van der Waals surface area contributed by atoms with Gasteiger partial charge in [-0.05, 0) is 36.2 Å². The molecule has 5 heteroatoms. The molecule has 0 unspecified atom stereocenters. The summed E-state index contributed by atoms with van der Waals surface area (Å²) in [5.74, 6) is -0.0153. The van der Waals surface area contributed by atoms with Crippen molar-refractivity contribution in [2.24, 2.45) is 0 Å². The number of hydrogen-bond donors (Lipinski definition) is 1. The largest absolute Gasteiger partial charge is 0.369 e. The summed E-state index contributed by atoms with van der Waals surface area (Å²) >= 11 is 5.86. The summed E-state index contributed by atoms with van der Waals surface area (Å²) in [6, 6.07) is 12.5. The van der Waals surface area contributed by atoms with E-state index in [0.29, 0.717) is 23.0 Å². The van der Waals surface area contributed by atoms with Gasteiger partial charge in [0.1, 0.15) is 5.52 Å². The van der Waals surface area contributed by atoms with Gasteiger partial charge in [0.2, 0.25) is 5.95 Å². The first-order chi connectivity index (χ1) is 9.65. The number of nitrogen functional groups attached to an aromatic ring is 1. The lowest BCUT2D eigenvalue weighted by Gasteiger charge is -2.06. The van der Waals surface area contributed by atoms with Gasteiger partial charge < -0.3 is 10.3 Å². The fourth-order valence-corrected chi connectivity index (χ4v) is 2.38. The number of aromatic nitrogens is 2. The minimum absolute atomic E-state index is 0.320. The average molecular weight is 290 g/mol. The van der Waals surface area contributed by atoms with Gasteiger partial charge in [-0.2, -0.15) is 0 Å². The first-order valence-electron chi connectivity index (χ1n) is 6.30. The number of benzene rings is 2. The number of aryl methyl sites for hydroxylation is 2. The van der Waals surface area contributed by atoms with E-state index in [9.17, 15) is 4.39 Å².